The lowest BCUT2D eigenvalue weighted by Gasteiger charge is -2.36. The summed E-state index contributed by atoms with van der Waals surface area (Å²) in [6.07, 6.45) is 5.66. The summed E-state index contributed by atoms with van der Waals surface area (Å²) in [7, 11) is 0. The van der Waals surface area contributed by atoms with Crippen LogP contribution in [0, 0.1) is 13.8 Å². The second-order valence-corrected chi connectivity index (χ2v) is 8.49. The van der Waals surface area contributed by atoms with E-state index in [1.165, 1.54) is 4.80 Å². The molecule has 0 unspecified atom stereocenters. The number of ether oxygens (including phenoxy) is 1. The van der Waals surface area contributed by atoms with Crippen LogP contribution in [0.5, 0.6) is 0 Å². The molecule has 0 spiro atoms. The SMILES string of the molecule is Cc1ccc(-n2nccn2)c(C(=O)N2CCOC[C@H]2Cc2cccc(-c3nccc(C)n3)c2)c1. The fourth-order valence-electron chi connectivity index (χ4n) is 4.28. The Hall–Kier alpha value is -3.91. The Balaban J connectivity index is 1.42. The van der Waals surface area contributed by atoms with Crippen LogP contribution in [0.15, 0.2) is 67.1 Å². The Morgan fingerprint density at radius 1 is 1.06 bits per heavy atom. The highest BCUT2D eigenvalue weighted by Crippen LogP contribution is 2.23. The van der Waals surface area contributed by atoms with Crippen LogP contribution in [0.25, 0.3) is 17.1 Å². The summed E-state index contributed by atoms with van der Waals surface area (Å²) in [6.45, 7) is 5.46. The van der Waals surface area contributed by atoms with Crippen molar-refractivity contribution in [2.45, 2.75) is 26.3 Å². The zero-order valence-corrected chi connectivity index (χ0v) is 19.3. The predicted molar refractivity (Wildman–Crippen MR) is 128 cm³/mol. The maximum atomic E-state index is 13.8. The van der Waals surface area contributed by atoms with E-state index >= 15 is 0 Å². The number of aromatic nitrogens is 5. The lowest BCUT2D eigenvalue weighted by Crippen LogP contribution is -2.50. The van der Waals surface area contributed by atoms with Gasteiger partial charge in [0.25, 0.3) is 5.91 Å². The summed E-state index contributed by atoms with van der Waals surface area (Å²) in [5.41, 5.74) is 5.26. The molecule has 0 bridgehead atoms. The second kappa shape index (κ2) is 9.52. The lowest BCUT2D eigenvalue weighted by atomic mass is 10.00. The molecular weight excluding hydrogens is 428 g/mol. The van der Waals surface area contributed by atoms with Crippen LogP contribution in [0.1, 0.15) is 27.2 Å². The van der Waals surface area contributed by atoms with Gasteiger partial charge in [-0.1, -0.05) is 29.8 Å². The Morgan fingerprint density at radius 2 is 1.91 bits per heavy atom. The van der Waals surface area contributed by atoms with Crippen LogP contribution in [0.4, 0.5) is 0 Å². The highest BCUT2D eigenvalue weighted by Gasteiger charge is 2.30. The number of hydrogen-bond donors (Lipinski definition) is 0. The van der Waals surface area contributed by atoms with E-state index in [1.807, 2.05) is 55.1 Å². The molecule has 4 aromatic rings. The highest BCUT2D eigenvalue weighted by molar-refractivity contribution is 5.98. The minimum Gasteiger partial charge on any atom is -0.377 e. The molecule has 8 heteroatoms. The van der Waals surface area contributed by atoms with Crippen molar-refractivity contribution in [1.29, 1.82) is 0 Å². The van der Waals surface area contributed by atoms with Gasteiger partial charge in [0.1, 0.15) is 0 Å². The van der Waals surface area contributed by atoms with E-state index in [9.17, 15) is 4.79 Å². The smallest absolute Gasteiger partial charge is 0.256 e. The van der Waals surface area contributed by atoms with Crippen molar-refractivity contribution in [2.24, 2.45) is 0 Å². The van der Waals surface area contributed by atoms with Gasteiger partial charge < -0.3 is 9.64 Å². The molecule has 1 saturated heterocycles. The molecule has 1 aliphatic rings. The Labute approximate surface area is 198 Å². The largest absolute Gasteiger partial charge is 0.377 e. The fraction of sp³-hybridized carbons (Fsp3) is 0.269. The Kier molecular flexibility index (Phi) is 6.14. The van der Waals surface area contributed by atoms with Crippen molar-refractivity contribution < 1.29 is 9.53 Å². The Bertz CT molecular complexity index is 1300. The average Bonchev–Trinajstić information content (AvgIpc) is 3.39. The molecule has 2 aromatic heterocycles. The second-order valence-electron chi connectivity index (χ2n) is 8.49. The molecular formula is C26H26N6O2. The number of benzene rings is 2. The van der Waals surface area contributed by atoms with Crippen molar-refractivity contribution in [1.82, 2.24) is 29.9 Å². The first-order valence-electron chi connectivity index (χ1n) is 11.3. The molecule has 34 heavy (non-hydrogen) atoms. The molecule has 1 fully saturated rings. The number of nitrogens with zero attached hydrogens (tertiary/aromatic N) is 6. The third-order valence-corrected chi connectivity index (χ3v) is 5.96. The van der Waals surface area contributed by atoms with Crippen molar-refractivity contribution in [3.8, 4) is 17.1 Å². The van der Waals surface area contributed by atoms with Crippen molar-refractivity contribution in [3.63, 3.8) is 0 Å². The summed E-state index contributed by atoms with van der Waals surface area (Å²) in [5, 5.41) is 8.47. The maximum absolute atomic E-state index is 13.8. The number of hydrogen-bond acceptors (Lipinski definition) is 6. The van der Waals surface area contributed by atoms with Crippen LogP contribution in [-0.2, 0) is 11.2 Å². The van der Waals surface area contributed by atoms with Gasteiger partial charge in [-0.25, -0.2) is 9.97 Å². The van der Waals surface area contributed by atoms with E-state index in [-0.39, 0.29) is 11.9 Å². The molecule has 1 amide bonds. The lowest BCUT2D eigenvalue weighted by molar-refractivity contribution is -0.00165. The van der Waals surface area contributed by atoms with Crippen LogP contribution >= 0.6 is 0 Å². The number of carbonyl (C=O) groups is 1. The molecule has 0 saturated carbocycles. The normalized spacial score (nSPS) is 15.9. The van der Waals surface area contributed by atoms with Gasteiger partial charge in [0.05, 0.1) is 42.9 Å². The minimum atomic E-state index is -0.0890. The Morgan fingerprint density at radius 3 is 2.74 bits per heavy atom. The van der Waals surface area contributed by atoms with Gasteiger partial charge in [0.2, 0.25) is 0 Å². The molecule has 3 heterocycles. The summed E-state index contributed by atoms with van der Waals surface area (Å²) in [6, 6.07) is 15.7. The van der Waals surface area contributed by atoms with E-state index in [0.29, 0.717) is 43.3 Å². The molecule has 0 radical (unpaired) electrons. The first kappa shape index (κ1) is 21.9. The summed E-state index contributed by atoms with van der Waals surface area (Å²) >= 11 is 0. The van der Waals surface area contributed by atoms with Gasteiger partial charge in [0, 0.05) is 24.0 Å². The molecule has 1 atom stereocenters. The van der Waals surface area contributed by atoms with Crippen molar-refractivity contribution in [3.05, 3.63) is 89.5 Å². The zero-order valence-electron chi connectivity index (χ0n) is 19.3. The molecule has 8 nitrogen and oxygen atoms in total. The summed E-state index contributed by atoms with van der Waals surface area (Å²) < 4.78 is 5.78. The first-order chi connectivity index (χ1) is 16.6. The third kappa shape index (κ3) is 4.58. The van der Waals surface area contributed by atoms with Crippen LogP contribution in [0.3, 0.4) is 0 Å². The molecule has 1 aliphatic heterocycles. The van der Waals surface area contributed by atoms with Gasteiger partial charge in [-0.05, 0) is 50.1 Å². The van der Waals surface area contributed by atoms with Gasteiger partial charge in [-0.3, -0.25) is 4.79 Å². The van der Waals surface area contributed by atoms with E-state index in [4.69, 9.17) is 4.74 Å². The van der Waals surface area contributed by atoms with Gasteiger partial charge in [-0.2, -0.15) is 15.0 Å². The van der Waals surface area contributed by atoms with Crippen molar-refractivity contribution in [2.75, 3.05) is 19.8 Å². The highest BCUT2D eigenvalue weighted by atomic mass is 16.5. The fourth-order valence-corrected chi connectivity index (χ4v) is 4.28. The first-order valence-corrected chi connectivity index (χ1v) is 11.3. The number of rotatable bonds is 5. The topological polar surface area (TPSA) is 86.0 Å². The molecule has 172 valence electrons. The molecule has 2 aromatic carbocycles. The average molecular weight is 455 g/mol. The zero-order chi connectivity index (χ0) is 23.5. The minimum absolute atomic E-state index is 0.0394. The molecule has 5 rings (SSSR count). The number of morpholine rings is 1. The monoisotopic (exact) mass is 454 g/mol. The summed E-state index contributed by atoms with van der Waals surface area (Å²) in [5.74, 6) is 0.660. The van der Waals surface area contributed by atoms with E-state index < -0.39 is 0 Å². The number of carbonyl (C=O) groups excluding carboxylic acids is 1. The molecule has 0 aliphatic carbocycles. The predicted octanol–water partition coefficient (Wildman–Crippen LogP) is 3.42. The van der Waals surface area contributed by atoms with Crippen molar-refractivity contribution >= 4 is 5.91 Å². The van der Waals surface area contributed by atoms with Crippen LogP contribution in [-0.4, -0.2) is 61.6 Å². The maximum Gasteiger partial charge on any atom is 0.256 e. The number of amides is 1. The van der Waals surface area contributed by atoms with Gasteiger partial charge in [0.15, 0.2) is 5.82 Å². The van der Waals surface area contributed by atoms with Crippen LogP contribution in [0.2, 0.25) is 0 Å². The van der Waals surface area contributed by atoms with E-state index in [1.54, 1.807) is 18.6 Å². The quantitative estimate of drug-likeness (QED) is 0.459. The standard InChI is InChI=1S/C26H26N6O2/c1-18-6-7-24(32-28-10-11-29-32)23(14-18)26(33)31-12-13-34-17-22(31)16-20-4-3-5-21(15-20)25-27-9-8-19(2)30-25/h3-11,14-15,22H,12-13,16-17H2,1-2H3/t22-/m1/s1. The van der Waals surface area contributed by atoms with Crippen LogP contribution < -0.4 is 0 Å². The van der Waals surface area contributed by atoms with Gasteiger partial charge >= 0.3 is 0 Å². The molecule has 0 N–H and O–H groups in total. The summed E-state index contributed by atoms with van der Waals surface area (Å²) in [4.78, 5) is 26.1. The number of aryl methyl sites for hydroxylation is 2. The van der Waals surface area contributed by atoms with E-state index in [2.05, 4.69) is 32.3 Å². The van der Waals surface area contributed by atoms with E-state index in [0.717, 1.165) is 22.4 Å². The third-order valence-electron chi connectivity index (χ3n) is 5.96. The van der Waals surface area contributed by atoms with Gasteiger partial charge in [-0.15, -0.1) is 0 Å².